The summed E-state index contributed by atoms with van der Waals surface area (Å²) in [4.78, 5) is 14.1. The molecular formula is C22H18ClFN2OS. The molecule has 28 heavy (non-hydrogen) atoms. The van der Waals surface area contributed by atoms with E-state index in [-0.39, 0.29) is 11.7 Å². The summed E-state index contributed by atoms with van der Waals surface area (Å²) in [5.41, 5.74) is 3.51. The van der Waals surface area contributed by atoms with Crippen LogP contribution in [-0.2, 0) is 13.1 Å². The van der Waals surface area contributed by atoms with Gasteiger partial charge in [0.2, 0.25) is 0 Å². The molecule has 0 fully saturated rings. The summed E-state index contributed by atoms with van der Waals surface area (Å²) < 4.78 is 16.1. The van der Waals surface area contributed by atoms with Gasteiger partial charge in [-0.05, 0) is 54.4 Å². The van der Waals surface area contributed by atoms with Crippen molar-refractivity contribution < 1.29 is 9.18 Å². The van der Waals surface area contributed by atoms with E-state index in [4.69, 9.17) is 11.6 Å². The first-order valence-corrected chi connectivity index (χ1v) is 10.1. The van der Waals surface area contributed by atoms with Crippen LogP contribution < -0.4 is 5.32 Å². The molecule has 0 atom stereocenters. The molecule has 2 aromatic heterocycles. The van der Waals surface area contributed by atoms with E-state index in [2.05, 4.69) is 18.3 Å². The zero-order valence-electron chi connectivity index (χ0n) is 15.2. The number of rotatable bonds is 5. The van der Waals surface area contributed by atoms with E-state index in [1.807, 2.05) is 34.9 Å². The Hall–Kier alpha value is -2.63. The van der Waals surface area contributed by atoms with Gasteiger partial charge in [-0.3, -0.25) is 4.79 Å². The summed E-state index contributed by atoms with van der Waals surface area (Å²) in [6, 6.07) is 17.8. The van der Waals surface area contributed by atoms with Crippen LogP contribution in [0.4, 0.5) is 4.39 Å². The number of halogens is 2. The van der Waals surface area contributed by atoms with E-state index in [1.165, 1.54) is 17.0 Å². The predicted molar refractivity (Wildman–Crippen MR) is 113 cm³/mol. The summed E-state index contributed by atoms with van der Waals surface area (Å²) in [5, 5.41) is 3.61. The molecule has 4 rings (SSSR count). The Labute approximate surface area is 171 Å². The maximum atomic E-state index is 13.1. The molecule has 0 bridgehead atoms. The molecule has 1 amide bonds. The van der Waals surface area contributed by atoms with Gasteiger partial charge in [0.1, 0.15) is 11.5 Å². The first-order chi connectivity index (χ1) is 13.5. The Balaban J connectivity index is 1.62. The van der Waals surface area contributed by atoms with Gasteiger partial charge in [0.05, 0.1) is 10.2 Å². The zero-order valence-corrected chi connectivity index (χ0v) is 16.8. The third-order valence-electron chi connectivity index (χ3n) is 4.54. The van der Waals surface area contributed by atoms with Gasteiger partial charge < -0.3 is 9.88 Å². The van der Waals surface area contributed by atoms with Crippen molar-refractivity contribution in [2.24, 2.45) is 0 Å². The fourth-order valence-corrected chi connectivity index (χ4v) is 4.39. The number of benzene rings is 2. The highest BCUT2D eigenvalue weighted by Crippen LogP contribution is 2.29. The molecule has 142 valence electrons. The van der Waals surface area contributed by atoms with Crippen LogP contribution in [0.2, 0.25) is 5.02 Å². The zero-order chi connectivity index (χ0) is 19.7. The number of hydrogen-bond acceptors (Lipinski definition) is 2. The van der Waals surface area contributed by atoms with Crippen molar-refractivity contribution in [1.29, 1.82) is 0 Å². The molecule has 0 radical (unpaired) electrons. The van der Waals surface area contributed by atoms with Gasteiger partial charge in [0, 0.05) is 23.0 Å². The largest absolute Gasteiger partial charge is 0.347 e. The van der Waals surface area contributed by atoms with Crippen molar-refractivity contribution in [2.45, 2.75) is 20.0 Å². The number of amides is 1. The van der Waals surface area contributed by atoms with Crippen LogP contribution in [0.15, 0.2) is 60.7 Å². The molecule has 0 spiro atoms. The second-order valence-corrected chi connectivity index (χ2v) is 8.39. The van der Waals surface area contributed by atoms with Crippen LogP contribution in [-0.4, -0.2) is 10.5 Å². The molecule has 0 saturated carbocycles. The number of thiophene rings is 1. The molecule has 4 aromatic rings. The predicted octanol–water partition coefficient (Wildman–Crippen LogP) is 5.78. The Morgan fingerprint density at radius 1 is 1.11 bits per heavy atom. The maximum absolute atomic E-state index is 13.1. The minimum Gasteiger partial charge on any atom is -0.347 e. The van der Waals surface area contributed by atoms with Crippen LogP contribution >= 0.6 is 22.9 Å². The average Bonchev–Trinajstić information content (AvgIpc) is 3.18. The first kappa shape index (κ1) is 18.7. The molecule has 0 saturated heterocycles. The summed E-state index contributed by atoms with van der Waals surface area (Å²) >= 11 is 7.79. The summed E-state index contributed by atoms with van der Waals surface area (Å²) in [6.45, 7) is 2.95. The van der Waals surface area contributed by atoms with Crippen molar-refractivity contribution in [1.82, 2.24) is 9.88 Å². The second-order valence-electron chi connectivity index (χ2n) is 6.66. The molecule has 0 unspecified atom stereocenters. The van der Waals surface area contributed by atoms with Gasteiger partial charge in [-0.2, -0.15) is 0 Å². The second kappa shape index (κ2) is 7.78. The number of carbonyl (C=O) groups excluding carboxylic acids is 1. The molecular weight excluding hydrogens is 395 g/mol. The van der Waals surface area contributed by atoms with Crippen molar-refractivity contribution in [3.8, 4) is 0 Å². The minimum atomic E-state index is -0.291. The highest BCUT2D eigenvalue weighted by molar-refractivity contribution is 7.19. The standard InChI is InChI=1S/C22H18ClFN2OS/c1-14-9-19-21(28-14)11-20(26(19)13-16-3-2-4-17(23)10-16)22(27)25-12-15-5-7-18(24)8-6-15/h2-11H,12-13H2,1H3,(H,25,27). The Morgan fingerprint density at radius 2 is 1.89 bits per heavy atom. The Morgan fingerprint density at radius 3 is 2.64 bits per heavy atom. The molecule has 2 heterocycles. The van der Waals surface area contributed by atoms with E-state index in [1.54, 1.807) is 23.5 Å². The highest BCUT2D eigenvalue weighted by Gasteiger charge is 2.17. The summed E-state index contributed by atoms with van der Waals surface area (Å²) in [5.74, 6) is -0.450. The molecule has 0 aliphatic carbocycles. The highest BCUT2D eigenvalue weighted by atomic mass is 35.5. The fourth-order valence-electron chi connectivity index (χ4n) is 3.22. The quantitative estimate of drug-likeness (QED) is 0.442. The van der Waals surface area contributed by atoms with Gasteiger partial charge in [0.15, 0.2) is 0 Å². The fraction of sp³-hybridized carbons (Fsp3) is 0.136. The van der Waals surface area contributed by atoms with Crippen molar-refractivity contribution in [2.75, 3.05) is 0 Å². The number of nitrogens with zero attached hydrogens (tertiary/aromatic N) is 1. The van der Waals surface area contributed by atoms with Crippen LogP contribution in [0.1, 0.15) is 26.5 Å². The number of carbonyl (C=O) groups is 1. The van der Waals surface area contributed by atoms with Gasteiger partial charge in [-0.15, -0.1) is 11.3 Å². The number of aromatic nitrogens is 1. The van der Waals surface area contributed by atoms with Crippen LogP contribution in [0.25, 0.3) is 10.2 Å². The third kappa shape index (κ3) is 3.96. The topological polar surface area (TPSA) is 34.0 Å². The van der Waals surface area contributed by atoms with Crippen LogP contribution in [0.5, 0.6) is 0 Å². The SMILES string of the molecule is Cc1cc2c(cc(C(=O)NCc3ccc(F)cc3)n2Cc2cccc(Cl)c2)s1. The number of aryl methyl sites for hydroxylation is 1. The monoisotopic (exact) mass is 412 g/mol. The Bertz CT molecular complexity index is 1150. The number of hydrogen-bond donors (Lipinski definition) is 1. The minimum absolute atomic E-state index is 0.160. The van der Waals surface area contributed by atoms with Gasteiger partial charge in [-0.25, -0.2) is 4.39 Å². The summed E-state index contributed by atoms with van der Waals surface area (Å²) in [6.07, 6.45) is 0. The number of nitrogens with one attached hydrogen (secondary N) is 1. The van der Waals surface area contributed by atoms with Crippen LogP contribution in [0.3, 0.4) is 0 Å². The lowest BCUT2D eigenvalue weighted by Gasteiger charge is -2.11. The third-order valence-corrected chi connectivity index (χ3v) is 5.76. The number of fused-ring (bicyclic) bond motifs is 1. The van der Waals surface area contributed by atoms with Gasteiger partial charge in [0.25, 0.3) is 5.91 Å². The van der Waals surface area contributed by atoms with E-state index in [0.29, 0.717) is 23.8 Å². The molecule has 1 N–H and O–H groups in total. The van der Waals surface area contributed by atoms with E-state index < -0.39 is 0 Å². The lowest BCUT2D eigenvalue weighted by Crippen LogP contribution is -2.25. The average molecular weight is 413 g/mol. The van der Waals surface area contributed by atoms with E-state index >= 15 is 0 Å². The molecule has 0 aliphatic rings. The normalized spacial score (nSPS) is 11.1. The smallest absolute Gasteiger partial charge is 0.268 e. The molecule has 2 aromatic carbocycles. The lowest BCUT2D eigenvalue weighted by atomic mass is 10.2. The lowest BCUT2D eigenvalue weighted by molar-refractivity contribution is 0.0942. The van der Waals surface area contributed by atoms with E-state index in [9.17, 15) is 9.18 Å². The van der Waals surface area contributed by atoms with Crippen molar-refractivity contribution in [3.63, 3.8) is 0 Å². The Kier molecular flexibility index (Phi) is 5.20. The molecule has 3 nitrogen and oxygen atoms in total. The first-order valence-electron chi connectivity index (χ1n) is 8.86. The van der Waals surface area contributed by atoms with Crippen LogP contribution in [0, 0.1) is 12.7 Å². The van der Waals surface area contributed by atoms with Gasteiger partial charge in [-0.1, -0.05) is 35.9 Å². The maximum Gasteiger partial charge on any atom is 0.268 e. The van der Waals surface area contributed by atoms with Crippen molar-refractivity contribution >= 4 is 39.1 Å². The van der Waals surface area contributed by atoms with Gasteiger partial charge >= 0.3 is 0 Å². The molecule has 6 heteroatoms. The van der Waals surface area contributed by atoms with Crippen molar-refractivity contribution in [3.05, 3.63) is 93.2 Å². The summed E-state index contributed by atoms with van der Waals surface area (Å²) in [7, 11) is 0. The van der Waals surface area contributed by atoms with E-state index in [0.717, 1.165) is 21.3 Å². The molecule has 0 aliphatic heterocycles.